The van der Waals surface area contributed by atoms with Crippen LogP contribution in [0.2, 0.25) is 0 Å². The Morgan fingerprint density at radius 2 is 1.78 bits per heavy atom. The van der Waals surface area contributed by atoms with E-state index in [4.69, 9.17) is 4.74 Å². The zero-order valence-electron chi connectivity index (χ0n) is 17.4. The van der Waals surface area contributed by atoms with Gasteiger partial charge in [0, 0.05) is 25.0 Å². The monoisotopic (exact) mass is 473 g/mol. The first kappa shape index (κ1) is 22.1. The fraction of sp³-hybridized carbons (Fsp3) is 0.182. The van der Waals surface area contributed by atoms with Gasteiger partial charge in [0.05, 0.1) is 23.2 Å². The van der Waals surface area contributed by atoms with Crippen LogP contribution in [0.1, 0.15) is 0 Å². The Hall–Kier alpha value is -3.08. The first-order valence-corrected chi connectivity index (χ1v) is 12.0. The molecular weight excluding hydrogens is 453 g/mol. The Morgan fingerprint density at radius 1 is 1.09 bits per heavy atom. The molecular formula is C22H20FN3O4S2. The van der Waals surface area contributed by atoms with Gasteiger partial charge < -0.3 is 4.74 Å². The predicted molar refractivity (Wildman–Crippen MR) is 122 cm³/mol. The molecule has 0 aliphatic carbocycles. The molecule has 4 rings (SSSR count). The average Bonchev–Trinajstić information content (AvgIpc) is 3.21. The summed E-state index contributed by atoms with van der Waals surface area (Å²) in [6, 6.07) is 12.1. The van der Waals surface area contributed by atoms with Crippen LogP contribution in [0.25, 0.3) is 21.3 Å². The van der Waals surface area contributed by atoms with Gasteiger partial charge in [-0.2, -0.15) is 0 Å². The van der Waals surface area contributed by atoms with Crippen molar-refractivity contribution in [1.82, 2.24) is 13.9 Å². The van der Waals surface area contributed by atoms with Crippen LogP contribution in [-0.4, -0.2) is 43.0 Å². The summed E-state index contributed by atoms with van der Waals surface area (Å²) in [6.45, 7) is 0.459. The van der Waals surface area contributed by atoms with E-state index >= 15 is 0 Å². The molecule has 0 bridgehead atoms. The number of nitrogens with zero attached hydrogens (tertiary/aromatic N) is 3. The molecule has 2 aromatic heterocycles. The second-order valence-corrected chi connectivity index (χ2v) is 10.2. The molecule has 0 saturated heterocycles. The largest absolute Gasteiger partial charge is 0.492 e. The number of fused-ring (bicyclic) bond motifs is 1. The number of aromatic nitrogens is 2. The van der Waals surface area contributed by atoms with Gasteiger partial charge in [-0.25, -0.2) is 22.1 Å². The van der Waals surface area contributed by atoms with Crippen molar-refractivity contribution in [3.63, 3.8) is 0 Å². The summed E-state index contributed by atoms with van der Waals surface area (Å²) < 4.78 is 45.8. The lowest BCUT2D eigenvalue weighted by Gasteiger charge is -2.12. The first-order valence-electron chi connectivity index (χ1n) is 9.65. The number of hydrogen-bond donors (Lipinski definition) is 0. The zero-order chi connectivity index (χ0) is 22.9. The number of ether oxygens (including phenoxy) is 1. The summed E-state index contributed by atoms with van der Waals surface area (Å²) >= 11 is 1.36. The molecule has 0 N–H and O–H groups in total. The van der Waals surface area contributed by atoms with Gasteiger partial charge in [-0.1, -0.05) is 12.1 Å². The number of benzene rings is 2. The van der Waals surface area contributed by atoms with Crippen LogP contribution in [0.15, 0.2) is 69.9 Å². The van der Waals surface area contributed by atoms with Crippen LogP contribution < -0.4 is 10.3 Å². The van der Waals surface area contributed by atoms with E-state index < -0.39 is 10.0 Å². The quantitative estimate of drug-likeness (QED) is 0.410. The van der Waals surface area contributed by atoms with Crippen molar-refractivity contribution in [1.29, 1.82) is 0 Å². The van der Waals surface area contributed by atoms with Gasteiger partial charge in [0.25, 0.3) is 5.56 Å². The molecule has 2 aromatic carbocycles. The molecule has 7 nitrogen and oxygen atoms in total. The number of thiophene rings is 1. The highest BCUT2D eigenvalue weighted by atomic mass is 32.2. The third-order valence-electron chi connectivity index (χ3n) is 4.92. The lowest BCUT2D eigenvalue weighted by molar-refractivity contribution is 0.296. The highest BCUT2D eigenvalue weighted by Gasteiger charge is 2.17. The smallest absolute Gasteiger partial charge is 0.262 e. The molecule has 10 heteroatoms. The molecule has 166 valence electrons. The highest BCUT2D eigenvalue weighted by molar-refractivity contribution is 7.89. The van der Waals surface area contributed by atoms with E-state index in [-0.39, 0.29) is 29.4 Å². The van der Waals surface area contributed by atoms with Crippen LogP contribution >= 0.6 is 11.3 Å². The Balaban J connectivity index is 1.51. The van der Waals surface area contributed by atoms with Gasteiger partial charge >= 0.3 is 0 Å². The zero-order valence-corrected chi connectivity index (χ0v) is 19.0. The molecule has 0 aliphatic rings. The minimum absolute atomic E-state index is 0.173. The molecule has 2 heterocycles. The summed E-state index contributed by atoms with van der Waals surface area (Å²) in [5.41, 5.74) is 1.26. The third-order valence-corrected chi connectivity index (χ3v) is 7.63. The number of hydrogen-bond acceptors (Lipinski definition) is 6. The second-order valence-electron chi connectivity index (χ2n) is 7.19. The topological polar surface area (TPSA) is 81.5 Å². The molecule has 32 heavy (non-hydrogen) atoms. The fourth-order valence-electron chi connectivity index (χ4n) is 3.15. The predicted octanol–water partition coefficient (Wildman–Crippen LogP) is 3.59. The van der Waals surface area contributed by atoms with E-state index in [1.165, 1.54) is 60.6 Å². The van der Waals surface area contributed by atoms with Gasteiger partial charge in [-0.3, -0.25) is 9.36 Å². The van der Waals surface area contributed by atoms with Crippen molar-refractivity contribution in [3.8, 4) is 16.9 Å². The SMILES string of the molecule is CN(C)S(=O)(=O)c1ccc(OCCn2cnc3scc(-c4ccc(F)cc4)c3c2=O)cc1. The van der Waals surface area contributed by atoms with E-state index in [0.717, 1.165) is 15.4 Å². The van der Waals surface area contributed by atoms with E-state index in [9.17, 15) is 17.6 Å². The summed E-state index contributed by atoms with van der Waals surface area (Å²) in [7, 11) is -0.564. The second kappa shape index (κ2) is 8.81. The molecule has 0 aliphatic heterocycles. The normalized spacial score (nSPS) is 11.9. The number of rotatable bonds is 7. The van der Waals surface area contributed by atoms with Crippen LogP contribution in [0.4, 0.5) is 4.39 Å². The van der Waals surface area contributed by atoms with E-state index in [1.807, 2.05) is 5.38 Å². The van der Waals surface area contributed by atoms with Crippen LogP contribution in [0.5, 0.6) is 5.75 Å². The maximum absolute atomic E-state index is 13.3. The molecule has 0 spiro atoms. The highest BCUT2D eigenvalue weighted by Crippen LogP contribution is 2.30. The van der Waals surface area contributed by atoms with E-state index in [2.05, 4.69) is 4.98 Å². The van der Waals surface area contributed by atoms with Crippen LogP contribution in [0, 0.1) is 5.82 Å². The van der Waals surface area contributed by atoms with Crippen molar-refractivity contribution in [2.45, 2.75) is 11.4 Å². The number of halogens is 1. The van der Waals surface area contributed by atoms with Gasteiger partial charge in [0.1, 0.15) is 23.0 Å². The van der Waals surface area contributed by atoms with Crippen molar-refractivity contribution in [3.05, 3.63) is 76.4 Å². The maximum atomic E-state index is 13.3. The Labute approximate surface area is 188 Å². The molecule has 0 saturated carbocycles. The lowest BCUT2D eigenvalue weighted by Crippen LogP contribution is -2.23. The van der Waals surface area contributed by atoms with Crippen LogP contribution in [-0.2, 0) is 16.6 Å². The summed E-state index contributed by atoms with van der Waals surface area (Å²) in [5, 5.41) is 2.33. The van der Waals surface area contributed by atoms with Crippen molar-refractivity contribution in [2.75, 3.05) is 20.7 Å². The maximum Gasteiger partial charge on any atom is 0.262 e. The Morgan fingerprint density at radius 3 is 2.44 bits per heavy atom. The van der Waals surface area contributed by atoms with Gasteiger partial charge in [0.15, 0.2) is 0 Å². The first-order chi connectivity index (χ1) is 15.3. The summed E-state index contributed by atoms with van der Waals surface area (Å²) in [5.74, 6) is 0.153. The van der Waals surface area contributed by atoms with Crippen molar-refractivity contribution < 1.29 is 17.5 Å². The number of sulfonamides is 1. The minimum atomic E-state index is -3.50. The molecule has 0 amide bonds. The molecule has 0 fully saturated rings. The summed E-state index contributed by atoms with van der Waals surface area (Å²) in [6.07, 6.45) is 1.48. The minimum Gasteiger partial charge on any atom is -0.492 e. The molecule has 4 aromatic rings. The van der Waals surface area contributed by atoms with Crippen LogP contribution in [0.3, 0.4) is 0 Å². The fourth-order valence-corrected chi connectivity index (χ4v) is 4.96. The van der Waals surface area contributed by atoms with Crippen molar-refractivity contribution in [2.24, 2.45) is 0 Å². The van der Waals surface area contributed by atoms with Gasteiger partial charge in [-0.15, -0.1) is 11.3 Å². The molecule has 0 unspecified atom stereocenters. The van der Waals surface area contributed by atoms with E-state index in [0.29, 0.717) is 16.0 Å². The standard InChI is InChI=1S/C22H20FN3O4S2/c1-25(2)32(28,29)18-9-7-17(8-10-18)30-12-11-26-14-24-21-20(22(26)27)19(13-31-21)15-3-5-16(23)6-4-15/h3-10,13-14H,11-12H2,1-2H3. The Bertz CT molecular complexity index is 1410. The van der Waals surface area contributed by atoms with Gasteiger partial charge in [-0.05, 0) is 42.0 Å². The third kappa shape index (κ3) is 4.29. The molecule has 0 atom stereocenters. The van der Waals surface area contributed by atoms with E-state index in [1.54, 1.807) is 24.3 Å². The summed E-state index contributed by atoms with van der Waals surface area (Å²) in [4.78, 5) is 18.2. The molecule has 0 radical (unpaired) electrons. The average molecular weight is 474 g/mol. The lowest BCUT2D eigenvalue weighted by atomic mass is 10.1. The van der Waals surface area contributed by atoms with Crippen molar-refractivity contribution >= 4 is 31.6 Å². The Kier molecular flexibility index (Phi) is 6.09. The van der Waals surface area contributed by atoms with Gasteiger partial charge in [0.2, 0.25) is 10.0 Å².